The van der Waals surface area contributed by atoms with Crippen molar-refractivity contribution in [1.82, 2.24) is 0 Å². The Kier molecular flexibility index (Phi) is 6.42. The van der Waals surface area contributed by atoms with E-state index in [0.29, 0.717) is 18.3 Å². The summed E-state index contributed by atoms with van der Waals surface area (Å²) >= 11 is 0. The van der Waals surface area contributed by atoms with Crippen LogP contribution < -0.4 is 0 Å². The second kappa shape index (κ2) is 8.71. The minimum Gasteiger partial charge on any atom is -0.393 e. The molecule has 0 radical (unpaired) electrons. The van der Waals surface area contributed by atoms with Gasteiger partial charge in [-0.25, -0.2) is 0 Å². The van der Waals surface area contributed by atoms with Crippen LogP contribution in [0.2, 0.25) is 0 Å². The first-order valence-electron chi connectivity index (χ1n) is 12.3. The van der Waals surface area contributed by atoms with Crippen molar-refractivity contribution in [2.75, 3.05) is 0 Å². The molecule has 2 nitrogen and oxygen atoms in total. The summed E-state index contributed by atoms with van der Waals surface area (Å²) in [6, 6.07) is 0. The van der Waals surface area contributed by atoms with E-state index in [9.17, 15) is 10.2 Å². The molecule has 0 amide bonds. The van der Waals surface area contributed by atoms with Crippen LogP contribution in [0, 0.1) is 29.1 Å². The van der Waals surface area contributed by atoms with Gasteiger partial charge in [-0.15, -0.1) is 0 Å². The van der Waals surface area contributed by atoms with Crippen molar-refractivity contribution in [1.29, 1.82) is 0 Å². The molecule has 4 aliphatic carbocycles. The van der Waals surface area contributed by atoms with Gasteiger partial charge in [-0.3, -0.25) is 0 Å². The topological polar surface area (TPSA) is 40.5 Å². The number of hydrogen-bond acceptors (Lipinski definition) is 2. The molecule has 1 unspecified atom stereocenters. The maximum Gasteiger partial charge on any atom is 0.0811 e. The summed E-state index contributed by atoms with van der Waals surface area (Å²) < 4.78 is 0. The molecular weight excluding hydrogens is 356 g/mol. The molecule has 4 rings (SSSR count). The highest BCUT2D eigenvalue weighted by molar-refractivity contribution is 5.38. The Bertz CT molecular complexity index is 670. The Morgan fingerprint density at radius 3 is 2.72 bits per heavy atom. The highest BCUT2D eigenvalue weighted by Crippen LogP contribution is 2.60. The Labute approximate surface area is 178 Å². The van der Waals surface area contributed by atoms with Crippen molar-refractivity contribution in [3.05, 3.63) is 35.5 Å². The second-order valence-electron chi connectivity index (χ2n) is 11.0. The molecule has 0 spiro atoms. The molecule has 0 aliphatic heterocycles. The third-order valence-electron chi connectivity index (χ3n) is 8.96. The molecule has 162 valence electrons. The molecule has 29 heavy (non-hydrogen) atoms. The predicted octanol–water partition coefficient (Wildman–Crippen LogP) is 6.34. The van der Waals surface area contributed by atoms with Gasteiger partial charge in [-0.2, -0.15) is 0 Å². The average Bonchev–Trinajstić information content (AvgIpc) is 3.42. The van der Waals surface area contributed by atoms with E-state index in [1.165, 1.54) is 64.2 Å². The zero-order valence-electron chi connectivity index (χ0n) is 18.7. The van der Waals surface area contributed by atoms with Crippen LogP contribution in [0.4, 0.5) is 0 Å². The second-order valence-corrected chi connectivity index (χ2v) is 11.0. The fourth-order valence-corrected chi connectivity index (χ4v) is 7.02. The van der Waals surface area contributed by atoms with Crippen LogP contribution >= 0.6 is 0 Å². The SMILES string of the molecule is C=C1/C(=C\C=C2/CCC[C@]3(C)C([C@H](C)CCCC4CC4)CC[C@@H]23)C[C@H](O)C[C@H]1O. The minimum absolute atomic E-state index is 0.424. The van der Waals surface area contributed by atoms with E-state index in [-0.39, 0.29) is 0 Å². The normalized spacial score (nSPS) is 41.7. The largest absolute Gasteiger partial charge is 0.393 e. The number of allylic oxidation sites excluding steroid dienone is 3. The molecule has 0 saturated heterocycles. The van der Waals surface area contributed by atoms with Gasteiger partial charge in [0.05, 0.1) is 12.2 Å². The van der Waals surface area contributed by atoms with Gasteiger partial charge in [-0.1, -0.05) is 70.3 Å². The van der Waals surface area contributed by atoms with Crippen LogP contribution in [0.25, 0.3) is 0 Å². The molecule has 0 bridgehead atoms. The van der Waals surface area contributed by atoms with Gasteiger partial charge >= 0.3 is 0 Å². The van der Waals surface area contributed by atoms with Crippen LogP contribution in [0.5, 0.6) is 0 Å². The Morgan fingerprint density at radius 2 is 1.97 bits per heavy atom. The summed E-state index contributed by atoms with van der Waals surface area (Å²) in [5.74, 6) is 3.51. The third-order valence-corrected chi connectivity index (χ3v) is 8.96. The number of fused-ring (bicyclic) bond motifs is 1. The first kappa shape index (κ1) is 21.4. The van der Waals surface area contributed by atoms with Gasteiger partial charge in [0.1, 0.15) is 0 Å². The minimum atomic E-state index is -0.590. The Morgan fingerprint density at radius 1 is 1.17 bits per heavy atom. The third kappa shape index (κ3) is 4.59. The first-order chi connectivity index (χ1) is 13.9. The van der Waals surface area contributed by atoms with Crippen LogP contribution in [0.15, 0.2) is 35.5 Å². The van der Waals surface area contributed by atoms with Crippen LogP contribution in [0.3, 0.4) is 0 Å². The summed E-state index contributed by atoms with van der Waals surface area (Å²) in [5.41, 5.74) is 3.92. The van der Waals surface area contributed by atoms with E-state index < -0.39 is 12.2 Å². The highest BCUT2D eigenvalue weighted by Gasteiger charge is 2.50. The van der Waals surface area contributed by atoms with E-state index in [2.05, 4.69) is 32.6 Å². The van der Waals surface area contributed by atoms with Gasteiger partial charge in [0, 0.05) is 6.42 Å². The summed E-state index contributed by atoms with van der Waals surface area (Å²) in [7, 11) is 0. The number of hydrogen-bond donors (Lipinski definition) is 2. The smallest absolute Gasteiger partial charge is 0.0811 e. The highest BCUT2D eigenvalue weighted by atomic mass is 16.3. The molecule has 0 heterocycles. The lowest BCUT2D eigenvalue weighted by Crippen LogP contribution is -2.36. The average molecular weight is 399 g/mol. The fraction of sp³-hybridized carbons (Fsp3) is 0.778. The van der Waals surface area contributed by atoms with Gasteiger partial charge in [0.25, 0.3) is 0 Å². The van der Waals surface area contributed by atoms with Gasteiger partial charge in [0.15, 0.2) is 0 Å². The van der Waals surface area contributed by atoms with Crippen LogP contribution in [0.1, 0.15) is 90.9 Å². The van der Waals surface area contributed by atoms with E-state index in [4.69, 9.17) is 0 Å². The zero-order valence-corrected chi connectivity index (χ0v) is 18.7. The standard InChI is InChI=1S/C27H42O2/c1-18(6-4-7-20-9-10-20)24-13-14-25-21(8-5-15-27(24,25)3)11-12-22-16-23(28)17-26(29)19(22)2/h11-12,18,20,23-26,28-29H,2,4-10,13-17H2,1,3H3/b21-11+,22-12-/t18-,23+,24?,25+,26-,27-/m1/s1. The number of aliphatic hydroxyl groups is 2. The molecule has 0 aromatic rings. The van der Waals surface area contributed by atoms with Gasteiger partial charge in [0.2, 0.25) is 0 Å². The fourth-order valence-electron chi connectivity index (χ4n) is 7.02. The van der Waals surface area contributed by atoms with Crippen molar-refractivity contribution in [3.8, 4) is 0 Å². The quantitative estimate of drug-likeness (QED) is 0.548. The molecule has 0 aromatic heterocycles. The van der Waals surface area contributed by atoms with Crippen molar-refractivity contribution < 1.29 is 10.2 Å². The summed E-state index contributed by atoms with van der Waals surface area (Å²) in [6.45, 7) is 9.19. The molecule has 2 heteroatoms. The van der Waals surface area contributed by atoms with Crippen LogP contribution in [-0.4, -0.2) is 22.4 Å². The van der Waals surface area contributed by atoms with E-state index in [1.54, 1.807) is 5.57 Å². The van der Waals surface area contributed by atoms with Gasteiger partial charge < -0.3 is 10.2 Å². The molecular formula is C27H42O2. The maximum absolute atomic E-state index is 10.1. The molecule has 0 aromatic carbocycles. The summed E-state index contributed by atoms with van der Waals surface area (Å²) in [6.07, 6.45) is 18.5. The molecule has 4 fully saturated rings. The monoisotopic (exact) mass is 398 g/mol. The summed E-state index contributed by atoms with van der Waals surface area (Å²) in [5, 5.41) is 20.2. The number of rotatable bonds is 6. The zero-order chi connectivity index (χ0) is 20.6. The van der Waals surface area contributed by atoms with Crippen molar-refractivity contribution >= 4 is 0 Å². The van der Waals surface area contributed by atoms with E-state index >= 15 is 0 Å². The van der Waals surface area contributed by atoms with Crippen molar-refractivity contribution in [2.24, 2.45) is 29.1 Å². The summed E-state index contributed by atoms with van der Waals surface area (Å²) in [4.78, 5) is 0. The lowest BCUT2D eigenvalue weighted by atomic mass is 9.60. The lowest BCUT2D eigenvalue weighted by Gasteiger charge is -2.44. The lowest BCUT2D eigenvalue weighted by molar-refractivity contribution is 0.0861. The molecule has 6 atom stereocenters. The van der Waals surface area contributed by atoms with Crippen molar-refractivity contribution in [3.63, 3.8) is 0 Å². The van der Waals surface area contributed by atoms with Gasteiger partial charge in [-0.05, 0) is 78.8 Å². The number of aliphatic hydroxyl groups excluding tert-OH is 2. The Balaban J connectivity index is 1.44. The van der Waals surface area contributed by atoms with Crippen LogP contribution in [-0.2, 0) is 0 Å². The van der Waals surface area contributed by atoms with E-state index in [0.717, 1.165) is 34.8 Å². The molecule has 4 aliphatic rings. The Hall–Kier alpha value is -0.860. The molecule has 4 saturated carbocycles. The predicted molar refractivity (Wildman–Crippen MR) is 120 cm³/mol. The van der Waals surface area contributed by atoms with Crippen molar-refractivity contribution in [2.45, 2.75) is 103 Å². The van der Waals surface area contributed by atoms with E-state index in [1.807, 2.05) is 0 Å². The molecule has 2 N–H and O–H groups in total. The maximum atomic E-state index is 10.1. The first-order valence-corrected chi connectivity index (χ1v) is 12.3.